The minimum atomic E-state index is 0.0744. The van der Waals surface area contributed by atoms with E-state index in [1.165, 1.54) is 28.2 Å². The number of hydrogen-bond donors (Lipinski definition) is 4. The van der Waals surface area contributed by atoms with Crippen LogP contribution in [-0.2, 0) is 16.0 Å². The number of aryl methyl sites for hydroxylation is 1. The highest BCUT2D eigenvalue weighted by molar-refractivity contribution is 5.92. The van der Waals surface area contributed by atoms with Gasteiger partial charge in [-0.05, 0) is 43.7 Å². The van der Waals surface area contributed by atoms with Crippen LogP contribution < -0.4 is 20.4 Å². The molecule has 0 bridgehead atoms. The average Bonchev–Trinajstić information content (AvgIpc) is 3.49. The molecule has 1 aliphatic carbocycles. The number of para-hydroxylation sites is 1. The molecule has 148 valence electrons. The number of nitrogens with one attached hydrogen (secondary N) is 4. The van der Waals surface area contributed by atoms with Crippen molar-refractivity contribution in [3.63, 3.8) is 0 Å². The largest absolute Gasteiger partial charge is 0.348 e. The minimum absolute atomic E-state index is 0.0744. The van der Waals surface area contributed by atoms with E-state index in [-0.39, 0.29) is 11.8 Å². The summed E-state index contributed by atoms with van der Waals surface area (Å²) in [7, 11) is 0. The molecule has 1 aliphatic heterocycles. The van der Waals surface area contributed by atoms with Gasteiger partial charge in [-0.3, -0.25) is 9.59 Å². The van der Waals surface area contributed by atoms with E-state index in [0.29, 0.717) is 25.0 Å². The Morgan fingerprint density at radius 2 is 1.63 bits per heavy atom. The Morgan fingerprint density at radius 1 is 1.04 bits per heavy atom. The van der Waals surface area contributed by atoms with Crippen LogP contribution in [0.4, 0.5) is 5.69 Å². The molecule has 1 heterocycles. The molecule has 1 saturated heterocycles. The second-order valence-corrected chi connectivity index (χ2v) is 8.11. The number of anilines is 1. The van der Waals surface area contributed by atoms with Crippen molar-refractivity contribution in [3.05, 3.63) is 29.8 Å². The van der Waals surface area contributed by atoms with Gasteiger partial charge in [0.2, 0.25) is 0 Å². The van der Waals surface area contributed by atoms with Crippen LogP contribution >= 0.6 is 0 Å². The van der Waals surface area contributed by atoms with Crippen molar-refractivity contribution in [2.24, 2.45) is 5.92 Å². The van der Waals surface area contributed by atoms with Gasteiger partial charge in [-0.15, -0.1) is 0 Å². The molecule has 2 amide bonds. The number of piperazine rings is 1. The van der Waals surface area contributed by atoms with Crippen molar-refractivity contribution in [2.75, 3.05) is 44.6 Å². The number of benzene rings is 1. The number of hydrogen-bond acceptors (Lipinski definition) is 2. The normalized spacial score (nSPS) is 23.5. The molecule has 27 heavy (non-hydrogen) atoms. The predicted octanol–water partition coefficient (Wildman–Crippen LogP) is -1.11. The summed E-state index contributed by atoms with van der Waals surface area (Å²) in [5.74, 6) is 0.939. The third-order valence-corrected chi connectivity index (χ3v) is 5.88. The highest BCUT2D eigenvalue weighted by atomic mass is 16.2. The van der Waals surface area contributed by atoms with Gasteiger partial charge in [0.1, 0.15) is 26.2 Å². The molecule has 1 aromatic rings. The van der Waals surface area contributed by atoms with Gasteiger partial charge >= 0.3 is 0 Å². The van der Waals surface area contributed by atoms with Gasteiger partial charge in [-0.25, -0.2) is 0 Å². The molecular formula is C21H34N4O2+2. The van der Waals surface area contributed by atoms with Gasteiger partial charge in [0.25, 0.3) is 11.8 Å². The highest BCUT2D eigenvalue weighted by Crippen LogP contribution is 2.32. The molecule has 1 saturated carbocycles. The fourth-order valence-corrected chi connectivity index (χ4v) is 3.93. The summed E-state index contributed by atoms with van der Waals surface area (Å²) in [5, 5.41) is 6.20. The molecule has 6 heteroatoms. The smallest absolute Gasteiger partial charge is 0.279 e. The molecule has 0 aromatic heterocycles. The number of amides is 2. The van der Waals surface area contributed by atoms with E-state index in [4.69, 9.17) is 0 Å². The second-order valence-electron chi connectivity index (χ2n) is 8.11. The summed E-state index contributed by atoms with van der Waals surface area (Å²) < 4.78 is 0. The highest BCUT2D eigenvalue weighted by Gasteiger charge is 2.31. The molecule has 3 rings (SSSR count). The molecule has 6 nitrogen and oxygen atoms in total. The Kier molecular flexibility index (Phi) is 6.85. The van der Waals surface area contributed by atoms with Gasteiger partial charge < -0.3 is 20.4 Å². The third kappa shape index (κ3) is 6.04. The Labute approximate surface area is 162 Å². The van der Waals surface area contributed by atoms with Crippen LogP contribution in [0.2, 0.25) is 0 Å². The lowest BCUT2D eigenvalue weighted by Gasteiger charge is -2.29. The van der Waals surface area contributed by atoms with Crippen LogP contribution in [0.1, 0.15) is 32.3 Å². The van der Waals surface area contributed by atoms with E-state index in [9.17, 15) is 9.59 Å². The average molecular weight is 375 g/mol. The lowest BCUT2D eigenvalue weighted by atomic mass is 10.1. The van der Waals surface area contributed by atoms with Crippen molar-refractivity contribution < 1.29 is 19.4 Å². The molecule has 2 aliphatic rings. The van der Waals surface area contributed by atoms with E-state index in [1.807, 2.05) is 18.2 Å². The van der Waals surface area contributed by atoms with Crippen molar-refractivity contribution in [1.82, 2.24) is 5.32 Å². The zero-order valence-corrected chi connectivity index (χ0v) is 16.6. The molecule has 4 N–H and O–H groups in total. The molecular weight excluding hydrogens is 340 g/mol. The summed E-state index contributed by atoms with van der Waals surface area (Å²) >= 11 is 0. The van der Waals surface area contributed by atoms with Crippen LogP contribution in [0.15, 0.2) is 24.3 Å². The minimum Gasteiger partial charge on any atom is -0.348 e. The predicted molar refractivity (Wildman–Crippen MR) is 106 cm³/mol. The Balaban J connectivity index is 1.37. The van der Waals surface area contributed by atoms with Gasteiger partial charge in [0, 0.05) is 11.7 Å². The zero-order chi connectivity index (χ0) is 19.2. The number of quaternary nitrogens is 2. The summed E-state index contributed by atoms with van der Waals surface area (Å²) in [6, 6.07) is 8.30. The maximum atomic E-state index is 12.4. The summed E-state index contributed by atoms with van der Waals surface area (Å²) in [6.07, 6.45) is 3.41. The van der Waals surface area contributed by atoms with E-state index < -0.39 is 0 Å². The lowest BCUT2D eigenvalue weighted by Crippen LogP contribution is -3.28. The topological polar surface area (TPSA) is 67.1 Å². The first-order valence-electron chi connectivity index (χ1n) is 10.4. The van der Waals surface area contributed by atoms with Gasteiger partial charge in [-0.1, -0.05) is 25.1 Å². The molecule has 0 unspecified atom stereocenters. The quantitative estimate of drug-likeness (QED) is 0.466. The lowest BCUT2D eigenvalue weighted by molar-refractivity contribution is -1.00. The number of carbonyl (C=O) groups is 2. The molecule has 0 spiro atoms. The number of rotatable bonds is 8. The first-order valence-corrected chi connectivity index (χ1v) is 10.4. The molecule has 1 aromatic carbocycles. The van der Waals surface area contributed by atoms with Crippen molar-refractivity contribution in [1.29, 1.82) is 0 Å². The maximum Gasteiger partial charge on any atom is 0.279 e. The zero-order valence-electron chi connectivity index (χ0n) is 16.6. The molecule has 0 radical (unpaired) electrons. The first-order chi connectivity index (χ1) is 13.0. The van der Waals surface area contributed by atoms with E-state index in [2.05, 4.69) is 30.5 Å². The SMILES string of the molecule is CCc1ccccc1NC(=O)C[NH+]1CC[NH+](CC(=O)N[C@@H](C)C2CC2)CC1. The molecule has 1 atom stereocenters. The number of carbonyl (C=O) groups excluding carboxylic acids is 2. The van der Waals surface area contributed by atoms with Crippen LogP contribution in [0.5, 0.6) is 0 Å². The summed E-state index contributed by atoms with van der Waals surface area (Å²) in [4.78, 5) is 27.2. The Morgan fingerprint density at radius 3 is 2.22 bits per heavy atom. The van der Waals surface area contributed by atoms with Gasteiger partial charge in [-0.2, -0.15) is 0 Å². The monoisotopic (exact) mass is 374 g/mol. The van der Waals surface area contributed by atoms with E-state index in [1.54, 1.807) is 0 Å². The van der Waals surface area contributed by atoms with Crippen molar-refractivity contribution in [3.8, 4) is 0 Å². The molecule has 2 fully saturated rings. The van der Waals surface area contributed by atoms with Crippen LogP contribution in [0.3, 0.4) is 0 Å². The van der Waals surface area contributed by atoms with E-state index >= 15 is 0 Å². The first kappa shape index (κ1) is 19.8. The maximum absolute atomic E-state index is 12.4. The fraction of sp³-hybridized carbons (Fsp3) is 0.619. The second kappa shape index (κ2) is 9.33. The summed E-state index contributed by atoms with van der Waals surface area (Å²) in [5.41, 5.74) is 2.09. The summed E-state index contributed by atoms with van der Waals surface area (Å²) in [6.45, 7) is 9.02. The van der Waals surface area contributed by atoms with Crippen molar-refractivity contribution in [2.45, 2.75) is 39.2 Å². The van der Waals surface area contributed by atoms with Gasteiger partial charge in [0.05, 0.1) is 0 Å². The van der Waals surface area contributed by atoms with E-state index in [0.717, 1.165) is 38.3 Å². The van der Waals surface area contributed by atoms with Crippen LogP contribution in [-0.4, -0.2) is 57.1 Å². The Hall–Kier alpha value is -1.92. The van der Waals surface area contributed by atoms with Crippen LogP contribution in [0, 0.1) is 5.92 Å². The van der Waals surface area contributed by atoms with Gasteiger partial charge in [0.15, 0.2) is 13.1 Å². The third-order valence-electron chi connectivity index (χ3n) is 5.88. The standard InChI is InChI=1S/C21H32N4O2/c1-3-17-6-4-5-7-19(17)23-21(27)15-25-12-10-24(11-13-25)14-20(26)22-16(2)18-8-9-18/h4-7,16,18H,3,8-15H2,1-2H3,(H,22,26)(H,23,27)/p+2/t16-/m0/s1. The fourth-order valence-electron chi connectivity index (χ4n) is 3.93. The van der Waals surface area contributed by atoms with Crippen molar-refractivity contribution >= 4 is 17.5 Å². The Bertz CT molecular complexity index is 651. The van der Waals surface area contributed by atoms with Crippen LogP contribution in [0.25, 0.3) is 0 Å².